The van der Waals surface area contributed by atoms with Crippen molar-refractivity contribution in [2.75, 3.05) is 5.32 Å². The number of benzene rings is 1. The molecule has 0 radical (unpaired) electrons. The summed E-state index contributed by atoms with van der Waals surface area (Å²) in [7, 11) is 0. The van der Waals surface area contributed by atoms with Crippen LogP contribution in [0.15, 0.2) is 60.1 Å². The highest BCUT2D eigenvalue weighted by Gasteiger charge is 2.19. The third-order valence-corrected chi connectivity index (χ3v) is 5.24. The number of hydrogen-bond acceptors (Lipinski definition) is 5. The number of carbonyl (C=O) groups is 1. The number of thiophene rings is 1. The summed E-state index contributed by atoms with van der Waals surface area (Å²) in [6, 6.07) is 14.9. The van der Waals surface area contributed by atoms with Crippen LogP contribution in [-0.2, 0) is 4.79 Å². The van der Waals surface area contributed by atoms with Crippen molar-refractivity contribution in [3.8, 4) is 23.9 Å². The number of fused-ring (bicyclic) bond motifs is 1. The van der Waals surface area contributed by atoms with Gasteiger partial charge in [0.25, 0.3) is 0 Å². The lowest BCUT2D eigenvalue weighted by molar-refractivity contribution is -0.117. The van der Waals surface area contributed by atoms with Crippen molar-refractivity contribution in [2.24, 2.45) is 0 Å². The lowest BCUT2D eigenvalue weighted by atomic mass is 9.99. The van der Waals surface area contributed by atoms with E-state index in [1.54, 1.807) is 6.20 Å². The summed E-state index contributed by atoms with van der Waals surface area (Å²) in [5.74, 6) is 3.05. The van der Waals surface area contributed by atoms with E-state index in [2.05, 4.69) is 26.2 Å². The molecule has 0 saturated heterocycles. The fourth-order valence-corrected chi connectivity index (χ4v) is 3.57. The Hall–Kier alpha value is -3.56. The standard InChI is InChI=1S/C22H16N4OS/c1-3-15-7-9-16(10-8-15)14(2)21(27)25-19-17-11-13-28-22(17)26-20(24-19)18-6-4-5-12-23-18/h1,4-14H,2H3,(H,24,25,26,27). The van der Waals surface area contributed by atoms with Crippen molar-refractivity contribution in [1.29, 1.82) is 0 Å². The number of nitrogens with one attached hydrogen (secondary N) is 1. The Balaban J connectivity index is 1.65. The van der Waals surface area contributed by atoms with Crippen LogP contribution in [0, 0.1) is 12.3 Å². The SMILES string of the molecule is C#Cc1ccc(C(C)C(=O)Nc2nc(-c3ccccn3)nc3sccc23)cc1. The molecule has 0 aliphatic carbocycles. The molecule has 6 heteroatoms. The van der Waals surface area contributed by atoms with Crippen LogP contribution in [0.1, 0.15) is 24.0 Å². The van der Waals surface area contributed by atoms with Gasteiger partial charge in [0.15, 0.2) is 5.82 Å². The highest BCUT2D eigenvalue weighted by atomic mass is 32.1. The molecule has 0 spiro atoms. The van der Waals surface area contributed by atoms with Crippen LogP contribution in [0.3, 0.4) is 0 Å². The van der Waals surface area contributed by atoms with Gasteiger partial charge in [-0.3, -0.25) is 9.78 Å². The van der Waals surface area contributed by atoms with Crippen LogP contribution in [0.2, 0.25) is 0 Å². The van der Waals surface area contributed by atoms with Gasteiger partial charge in [0, 0.05) is 11.8 Å². The number of nitrogens with zero attached hydrogens (tertiary/aromatic N) is 3. The summed E-state index contributed by atoms with van der Waals surface area (Å²) in [5, 5.41) is 5.70. The van der Waals surface area contributed by atoms with E-state index in [1.165, 1.54) is 11.3 Å². The molecule has 1 aromatic carbocycles. The zero-order chi connectivity index (χ0) is 19.5. The third kappa shape index (κ3) is 3.48. The second-order valence-corrected chi connectivity index (χ2v) is 7.12. The van der Waals surface area contributed by atoms with Crippen molar-refractivity contribution in [1.82, 2.24) is 15.0 Å². The van der Waals surface area contributed by atoms with E-state index < -0.39 is 0 Å². The van der Waals surface area contributed by atoms with E-state index in [0.29, 0.717) is 17.3 Å². The molecular weight excluding hydrogens is 368 g/mol. The molecule has 1 unspecified atom stereocenters. The molecule has 3 aromatic heterocycles. The van der Waals surface area contributed by atoms with Crippen molar-refractivity contribution >= 4 is 33.3 Å². The first kappa shape index (κ1) is 17.8. The maximum Gasteiger partial charge on any atom is 0.232 e. The van der Waals surface area contributed by atoms with Gasteiger partial charge in [0.05, 0.1) is 11.3 Å². The van der Waals surface area contributed by atoms with Crippen LogP contribution in [0.5, 0.6) is 0 Å². The van der Waals surface area contributed by atoms with E-state index in [0.717, 1.165) is 21.3 Å². The molecule has 4 aromatic rings. The van der Waals surface area contributed by atoms with Gasteiger partial charge in [-0.2, -0.15) is 0 Å². The third-order valence-electron chi connectivity index (χ3n) is 4.43. The van der Waals surface area contributed by atoms with E-state index in [9.17, 15) is 4.79 Å². The Morgan fingerprint density at radius 1 is 1.14 bits per heavy atom. The smallest absolute Gasteiger partial charge is 0.232 e. The molecule has 0 saturated carbocycles. The summed E-state index contributed by atoms with van der Waals surface area (Å²) in [6.45, 7) is 1.85. The van der Waals surface area contributed by atoms with Crippen LogP contribution < -0.4 is 5.32 Å². The molecule has 1 amide bonds. The Morgan fingerprint density at radius 2 is 1.96 bits per heavy atom. The van der Waals surface area contributed by atoms with Gasteiger partial charge in [-0.25, -0.2) is 9.97 Å². The highest BCUT2D eigenvalue weighted by molar-refractivity contribution is 7.16. The maximum absolute atomic E-state index is 12.9. The van der Waals surface area contributed by atoms with Gasteiger partial charge in [-0.15, -0.1) is 17.8 Å². The fourth-order valence-electron chi connectivity index (χ4n) is 2.80. The van der Waals surface area contributed by atoms with Gasteiger partial charge in [-0.1, -0.05) is 24.1 Å². The number of terminal acetylenes is 1. The normalized spacial score (nSPS) is 11.7. The van der Waals surface area contributed by atoms with E-state index in [4.69, 9.17) is 6.42 Å². The molecule has 0 fully saturated rings. The minimum absolute atomic E-state index is 0.147. The minimum Gasteiger partial charge on any atom is -0.310 e. The topological polar surface area (TPSA) is 67.8 Å². The Bertz CT molecular complexity index is 1180. The second kappa shape index (κ2) is 7.59. The molecule has 3 heterocycles. The zero-order valence-electron chi connectivity index (χ0n) is 15.1. The summed E-state index contributed by atoms with van der Waals surface area (Å²) in [5.41, 5.74) is 2.33. The molecular formula is C22H16N4OS. The van der Waals surface area contributed by atoms with Gasteiger partial charge in [0.1, 0.15) is 16.3 Å². The van der Waals surface area contributed by atoms with E-state index >= 15 is 0 Å². The lowest BCUT2D eigenvalue weighted by Gasteiger charge is -2.13. The molecule has 136 valence electrons. The molecule has 28 heavy (non-hydrogen) atoms. The number of anilines is 1. The fraction of sp³-hybridized carbons (Fsp3) is 0.0909. The molecule has 0 aliphatic rings. The number of hydrogen-bond donors (Lipinski definition) is 1. The average Bonchev–Trinajstić information content (AvgIpc) is 3.23. The van der Waals surface area contributed by atoms with Crippen molar-refractivity contribution < 1.29 is 4.79 Å². The predicted molar refractivity (Wildman–Crippen MR) is 112 cm³/mol. The maximum atomic E-state index is 12.9. The first-order valence-electron chi connectivity index (χ1n) is 8.70. The summed E-state index contributed by atoms with van der Waals surface area (Å²) in [4.78, 5) is 27.1. The van der Waals surface area contributed by atoms with Gasteiger partial charge in [-0.05, 0) is 48.2 Å². The first-order chi connectivity index (χ1) is 13.7. The van der Waals surface area contributed by atoms with E-state index in [1.807, 2.05) is 60.8 Å². The summed E-state index contributed by atoms with van der Waals surface area (Å²) < 4.78 is 0. The Morgan fingerprint density at radius 3 is 2.68 bits per heavy atom. The molecule has 0 aliphatic heterocycles. The van der Waals surface area contributed by atoms with Crippen LogP contribution >= 0.6 is 11.3 Å². The lowest BCUT2D eigenvalue weighted by Crippen LogP contribution is -2.20. The zero-order valence-corrected chi connectivity index (χ0v) is 15.9. The van der Waals surface area contributed by atoms with Gasteiger partial charge >= 0.3 is 0 Å². The number of rotatable bonds is 4. The predicted octanol–water partition coefficient (Wildman–Crippen LogP) is 4.48. The van der Waals surface area contributed by atoms with Crippen LogP contribution in [-0.4, -0.2) is 20.9 Å². The minimum atomic E-state index is -0.353. The molecule has 1 atom stereocenters. The monoisotopic (exact) mass is 384 g/mol. The average molecular weight is 384 g/mol. The summed E-state index contributed by atoms with van der Waals surface area (Å²) >= 11 is 1.50. The quantitative estimate of drug-likeness (QED) is 0.527. The number of aromatic nitrogens is 3. The molecule has 1 N–H and O–H groups in total. The highest BCUT2D eigenvalue weighted by Crippen LogP contribution is 2.29. The number of amides is 1. The Kier molecular flexibility index (Phi) is 4.83. The summed E-state index contributed by atoms with van der Waals surface area (Å²) in [6.07, 6.45) is 7.09. The van der Waals surface area contributed by atoms with Gasteiger partial charge in [0.2, 0.25) is 5.91 Å². The van der Waals surface area contributed by atoms with Gasteiger partial charge < -0.3 is 5.32 Å². The van der Waals surface area contributed by atoms with Crippen molar-refractivity contribution in [3.05, 3.63) is 71.2 Å². The Labute approximate surface area is 166 Å². The van der Waals surface area contributed by atoms with Crippen LogP contribution in [0.25, 0.3) is 21.7 Å². The molecule has 0 bridgehead atoms. The number of carbonyl (C=O) groups excluding carboxylic acids is 1. The number of pyridine rings is 1. The van der Waals surface area contributed by atoms with Crippen molar-refractivity contribution in [3.63, 3.8) is 0 Å². The largest absolute Gasteiger partial charge is 0.310 e. The van der Waals surface area contributed by atoms with Crippen LogP contribution in [0.4, 0.5) is 5.82 Å². The molecule has 5 nitrogen and oxygen atoms in total. The van der Waals surface area contributed by atoms with E-state index in [-0.39, 0.29) is 11.8 Å². The van der Waals surface area contributed by atoms with Crippen molar-refractivity contribution in [2.45, 2.75) is 12.8 Å². The molecule has 4 rings (SSSR count). The second-order valence-electron chi connectivity index (χ2n) is 6.23. The first-order valence-corrected chi connectivity index (χ1v) is 9.58.